The number of hydrogen-bond donors (Lipinski definition) is 3. The molecule has 3 amide bonds. The number of anilines is 1. The third kappa shape index (κ3) is 9.07. The molecule has 198 valence electrons. The Labute approximate surface area is 226 Å². The number of rotatable bonds is 10. The number of carbonyl (C=O) groups is 2. The van der Waals surface area contributed by atoms with Gasteiger partial charge in [0, 0.05) is 35.2 Å². The summed E-state index contributed by atoms with van der Waals surface area (Å²) in [5.74, 6) is 0.369. The van der Waals surface area contributed by atoms with E-state index < -0.39 is 17.7 Å². The highest BCUT2D eigenvalue weighted by Gasteiger charge is 2.23. The number of aromatic nitrogens is 1. The monoisotopic (exact) mass is 546 g/mol. The lowest BCUT2D eigenvalue weighted by atomic mass is 9.99. The van der Waals surface area contributed by atoms with Crippen LogP contribution >= 0.6 is 23.2 Å². The van der Waals surface area contributed by atoms with E-state index >= 15 is 0 Å². The van der Waals surface area contributed by atoms with Crippen LogP contribution in [0.1, 0.15) is 38.7 Å². The van der Waals surface area contributed by atoms with Gasteiger partial charge in [0.25, 0.3) is 0 Å². The standard InChI is InChI=1S/C27H32Cl2N4O4/c1-27(2,36)12-6-9-22(33(3)25(34)31-16-20-10-11-21(28)14-23(20)29)17-37-26(35)32-24-13-18-7-4-5-8-19(18)15-30-24/h4-5,7-8,10-11,13-15,22,36H,6,9,12,16-17H2,1-3H3,(H,31,34)(H,30,32,35)/t22-/m0/s1. The predicted octanol–water partition coefficient (Wildman–Crippen LogP) is 6.24. The van der Waals surface area contributed by atoms with Gasteiger partial charge in [-0.25, -0.2) is 14.6 Å². The second-order valence-electron chi connectivity index (χ2n) is 9.50. The Morgan fingerprint density at radius 1 is 1.14 bits per heavy atom. The lowest BCUT2D eigenvalue weighted by Gasteiger charge is -2.29. The lowest BCUT2D eigenvalue weighted by Crippen LogP contribution is -2.46. The van der Waals surface area contributed by atoms with Crippen molar-refractivity contribution in [1.29, 1.82) is 0 Å². The van der Waals surface area contributed by atoms with E-state index in [9.17, 15) is 14.7 Å². The maximum Gasteiger partial charge on any atom is 0.412 e. The Balaban J connectivity index is 1.60. The molecule has 0 bridgehead atoms. The molecule has 1 atom stereocenters. The van der Waals surface area contributed by atoms with Gasteiger partial charge in [0.2, 0.25) is 0 Å². The number of likely N-dealkylation sites (N-methyl/N-ethyl adjacent to an activating group) is 1. The number of pyridine rings is 1. The highest BCUT2D eigenvalue weighted by atomic mass is 35.5. The Morgan fingerprint density at radius 3 is 2.57 bits per heavy atom. The van der Waals surface area contributed by atoms with Crippen molar-refractivity contribution in [2.24, 2.45) is 0 Å². The maximum absolute atomic E-state index is 12.9. The molecule has 3 aromatic rings. The molecule has 0 saturated heterocycles. The molecule has 1 aromatic heterocycles. The van der Waals surface area contributed by atoms with Gasteiger partial charge in [-0.05, 0) is 62.3 Å². The number of fused-ring (bicyclic) bond motifs is 1. The summed E-state index contributed by atoms with van der Waals surface area (Å²) in [7, 11) is 1.64. The number of benzene rings is 2. The highest BCUT2D eigenvalue weighted by molar-refractivity contribution is 6.35. The average Bonchev–Trinajstić information content (AvgIpc) is 2.84. The minimum atomic E-state index is -0.837. The fourth-order valence-corrected chi connectivity index (χ4v) is 4.23. The number of carbonyl (C=O) groups excluding carboxylic acids is 2. The van der Waals surface area contributed by atoms with E-state index in [-0.39, 0.29) is 19.2 Å². The van der Waals surface area contributed by atoms with Gasteiger partial charge in [-0.2, -0.15) is 0 Å². The number of halogens is 2. The Bertz CT molecular complexity index is 1230. The van der Waals surface area contributed by atoms with Gasteiger partial charge in [0.05, 0.1) is 11.6 Å². The second kappa shape index (κ2) is 12.9. The first-order valence-corrected chi connectivity index (χ1v) is 12.7. The molecular weight excluding hydrogens is 515 g/mol. The van der Waals surface area contributed by atoms with Gasteiger partial charge in [-0.15, -0.1) is 0 Å². The molecule has 10 heteroatoms. The quantitative estimate of drug-likeness (QED) is 0.279. The molecule has 8 nitrogen and oxygen atoms in total. The summed E-state index contributed by atoms with van der Waals surface area (Å²) >= 11 is 12.1. The lowest BCUT2D eigenvalue weighted by molar-refractivity contribution is 0.0625. The molecule has 0 fully saturated rings. The summed E-state index contributed by atoms with van der Waals surface area (Å²) < 4.78 is 5.46. The molecule has 3 N–H and O–H groups in total. The van der Waals surface area contributed by atoms with Crippen molar-refractivity contribution in [2.45, 2.75) is 51.3 Å². The van der Waals surface area contributed by atoms with Crippen LogP contribution in [-0.2, 0) is 11.3 Å². The number of nitrogens with one attached hydrogen (secondary N) is 2. The first-order valence-electron chi connectivity index (χ1n) is 12.0. The number of urea groups is 1. The van der Waals surface area contributed by atoms with Crippen molar-refractivity contribution in [3.05, 3.63) is 70.3 Å². The van der Waals surface area contributed by atoms with E-state index in [1.165, 1.54) is 4.90 Å². The topological polar surface area (TPSA) is 104 Å². The van der Waals surface area contributed by atoms with E-state index in [4.69, 9.17) is 27.9 Å². The SMILES string of the molecule is CN(C(=O)NCc1ccc(Cl)cc1Cl)[C@@H](CCCC(C)(C)O)COC(=O)Nc1cc2ccccc2cn1. The van der Waals surface area contributed by atoms with Crippen molar-refractivity contribution in [3.63, 3.8) is 0 Å². The second-order valence-corrected chi connectivity index (χ2v) is 10.3. The normalized spacial score (nSPS) is 12.2. The summed E-state index contributed by atoms with van der Waals surface area (Å²) in [6, 6.07) is 13.8. The van der Waals surface area contributed by atoms with Crippen molar-refractivity contribution >= 4 is 51.9 Å². The van der Waals surface area contributed by atoms with Crippen molar-refractivity contribution in [1.82, 2.24) is 15.2 Å². The molecular formula is C27H32Cl2N4O4. The molecule has 3 rings (SSSR count). The Hall–Kier alpha value is -3.07. The minimum Gasteiger partial charge on any atom is -0.447 e. The number of ether oxygens (including phenoxy) is 1. The van der Waals surface area contributed by atoms with Crippen LogP contribution in [0.5, 0.6) is 0 Å². The Kier molecular flexibility index (Phi) is 9.97. The largest absolute Gasteiger partial charge is 0.447 e. The number of aliphatic hydroxyl groups is 1. The van der Waals surface area contributed by atoms with Crippen LogP contribution in [0.3, 0.4) is 0 Å². The molecule has 0 unspecified atom stereocenters. The molecule has 0 saturated carbocycles. The van der Waals surface area contributed by atoms with E-state index in [1.54, 1.807) is 51.4 Å². The van der Waals surface area contributed by atoms with Gasteiger partial charge < -0.3 is 20.1 Å². The highest BCUT2D eigenvalue weighted by Crippen LogP contribution is 2.21. The van der Waals surface area contributed by atoms with Gasteiger partial charge in [-0.1, -0.05) is 53.5 Å². The zero-order valence-corrected chi connectivity index (χ0v) is 22.6. The minimum absolute atomic E-state index is 0.0309. The number of amides is 3. The first kappa shape index (κ1) is 28.5. The predicted molar refractivity (Wildman–Crippen MR) is 147 cm³/mol. The van der Waals surface area contributed by atoms with Crippen LogP contribution in [0.25, 0.3) is 10.8 Å². The molecule has 2 aromatic carbocycles. The zero-order valence-electron chi connectivity index (χ0n) is 21.1. The van der Waals surface area contributed by atoms with Crippen molar-refractivity contribution < 1.29 is 19.4 Å². The summed E-state index contributed by atoms with van der Waals surface area (Å²) in [5.41, 5.74) is -0.110. The van der Waals surface area contributed by atoms with Gasteiger partial charge >= 0.3 is 12.1 Å². The molecule has 0 aliphatic heterocycles. The van der Waals surface area contributed by atoms with E-state index in [0.717, 1.165) is 16.3 Å². The summed E-state index contributed by atoms with van der Waals surface area (Å²) in [4.78, 5) is 31.1. The van der Waals surface area contributed by atoms with Crippen LogP contribution in [0, 0.1) is 0 Å². The van der Waals surface area contributed by atoms with Crippen LogP contribution in [0.2, 0.25) is 10.0 Å². The summed E-state index contributed by atoms with van der Waals surface area (Å²) in [6.07, 6.45) is 2.70. The molecule has 0 aliphatic carbocycles. The van der Waals surface area contributed by atoms with Crippen LogP contribution in [0.15, 0.2) is 54.7 Å². The number of nitrogens with zero attached hydrogens (tertiary/aromatic N) is 2. The smallest absolute Gasteiger partial charge is 0.412 e. The molecule has 1 heterocycles. The van der Waals surface area contributed by atoms with Crippen LogP contribution in [0.4, 0.5) is 15.4 Å². The number of hydrogen-bond acceptors (Lipinski definition) is 5. The average molecular weight is 547 g/mol. The van der Waals surface area contributed by atoms with Crippen LogP contribution in [-0.4, -0.2) is 52.4 Å². The fraction of sp³-hybridized carbons (Fsp3) is 0.370. The molecule has 0 aliphatic rings. The van der Waals surface area contributed by atoms with Gasteiger partial charge in [-0.3, -0.25) is 5.32 Å². The molecule has 37 heavy (non-hydrogen) atoms. The third-order valence-corrected chi connectivity index (χ3v) is 6.49. The summed E-state index contributed by atoms with van der Waals surface area (Å²) in [5, 5.41) is 18.4. The summed E-state index contributed by atoms with van der Waals surface area (Å²) in [6.45, 7) is 3.64. The maximum atomic E-state index is 12.9. The molecule has 0 spiro atoms. The van der Waals surface area contributed by atoms with Gasteiger partial charge in [0.1, 0.15) is 12.4 Å². The van der Waals surface area contributed by atoms with Crippen molar-refractivity contribution in [3.8, 4) is 0 Å². The fourth-order valence-electron chi connectivity index (χ4n) is 3.75. The third-order valence-electron chi connectivity index (χ3n) is 5.91. The van der Waals surface area contributed by atoms with E-state index in [1.807, 2.05) is 24.3 Å². The first-order chi connectivity index (χ1) is 17.5. The molecule has 0 radical (unpaired) electrons. The van der Waals surface area contributed by atoms with Crippen molar-refractivity contribution in [2.75, 3.05) is 19.0 Å². The van der Waals surface area contributed by atoms with Crippen LogP contribution < -0.4 is 10.6 Å². The van der Waals surface area contributed by atoms with E-state index in [2.05, 4.69) is 15.6 Å². The Morgan fingerprint density at radius 2 is 1.86 bits per heavy atom. The zero-order chi connectivity index (χ0) is 27.0. The van der Waals surface area contributed by atoms with E-state index in [0.29, 0.717) is 35.1 Å². The van der Waals surface area contributed by atoms with Gasteiger partial charge in [0.15, 0.2) is 0 Å².